The molecule has 7 nitrogen and oxygen atoms in total. The van der Waals surface area contributed by atoms with Gasteiger partial charge in [0.2, 0.25) is 0 Å². The minimum absolute atomic E-state index is 0.105. The molecule has 42 heavy (non-hydrogen) atoms. The van der Waals surface area contributed by atoms with Gasteiger partial charge in [0.05, 0.1) is 27.5 Å². The quantitative estimate of drug-likeness (QED) is 0.228. The van der Waals surface area contributed by atoms with Crippen LogP contribution in [0.1, 0.15) is 50.7 Å². The van der Waals surface area contributed by atoms with Gasteiger partial charge in [0.15, 0.2) is 0 Å². The van der Waals surface area contributed by atoms with Crippen molar-refractivity contribution in [2.75, 3.05) is 0 Å². The lowest BCUT2D eigenvalue weighted by atomic mass is 10.0. The number of H-pyrrole nitrogens is 1. The molecule has 1 N–H and O–H groups in total. The van der Waals surface area contributed by atoms with Crippen molar-refractivity contribution in [1.29, 1.82) is 0 Å². The maximum absolute atomic E-state index is 12.6. The number of aromatic amines is 1. The average molecular weight is 624 g/mol. The van der Waals surface area contributed by atoms with E-state index in [1.54, 1.807) is 24.3 Å². The van der Waals surface area contributed by atoms with Crippen LogP contribution >= 0.6 is 15.9 Å². The molecule has 0 radical (unpaired) electrons. The largest absolute Gasteiger partial charge is 0.279 e. The Bertz CT molecular complexity index is 2060. The summed E-state index contributed by atoms with van der Waals surface area (Å²) in [5.41, 5.74) is 3.27. The van der Waals surface area contributed by atoms with Gasteiger partial charge in [0.1, 0.15) is 4.60 Å². The maximum atomic E-state index is 12.6. The number of hydrogen-bond donors (Lipinski definition) is 1. The summed E-state index contributed by atoms with van der Waals surface area (Å²) in [5.74, 6) is 0.887. The number of rotatable bonds is 4. The minimum atomic E-state index is -0.266. The Balaban J connectivity index is 0.000000168. The molecule has 2 aromatic heterocycles. The van der Waals surface area contributed by atoms with Gasteiger partial charge in [-0.25, -0.2) is 4.68 Å². The van der Waals surface area contributed by atoms with E-state index in [9.17, 15) is 14.4 Å². The molecule has 0 aliphatic carbocycles. The number of benzene rings is 4. The van der Waals surface area contributed by atoms with Crippen LogP contribution in [0.2, 0.25) is 0 Å². The molecule has 6 rings (SSSR count). The molecule has 0 amide bonds. The first-order chi connectivity index (χ1) is 20.2. The molecule has 0 unspecified atom stereocenters. The molecule has 0 spiro atoms. The fourth-order valence-electron chi connectivity index (χ4n) is 4.72. The fourth-order valence-corrected chi connectivity index (χ4v) is 5.22. The zero-order valence-corrected chi connectivity index (χ0v) is 25.4. The molecule has 0 aliphatic rings. The normalized spacial score (nSPS) is 11.2. The highest BCUT2D eigenvalue weighted by molar-refractivity contribution is 9.10. The summed E-state index contributed by atoms with van der Waals surface area (Å²) >= 11 is 3.45. The topological polar surface area (TPSA) is 89.8 Å². The highest BCUT2D eigenvalue weighted by Crippen LogP contribution is 2.21. The average Bonchev–Trinajstić information content (AvgIpc) is 3.01. The van der Waals surface area contributed by atoms with Crippen molar-refractivity contribution >= 4 is 37.5 Å². The van der Waals surface area contributed by atoms with Crippen molar-refractivity contribution in [3.05, 3.63) is 144 Å². The lowest BCUT2D eigenvalue weighted by Gasteiger charge is -2.10. The molecular weight excluding hydrogens is 592 g/mol. The van der Waals surface area contributed by atoms with Crippen LogP contribution in [0, 0.1) is 0 Å². The van der Waals surface area contributed by atoms with Gasteiger partial charge in [-0.2, -0.15) is 9.78 Å². The molecule has 0 atom stereocenters. The molecule has 212 valence electrons. The zero-order chi connectivity index (χ0) is 30.0. The van der Waals surface area contributed by atoms with E-state index in [-0.39, 0.29) is 16.7 Å². The standard InChI is InChI=1S/C17H15BrN2O.C17H16N2O2/c1-11(2)12-7-9-13(10-8-12)20-17(21)15-6-4-3-5-14(15)16(18)19-20;1-11(2)12-7-9-13(10-8-12)19-17(21)15-6-4-3-5-14(15)16(20)18-19/h3-11H,1-2H3;3-11H,1-2H3,(H,18,20). The number of hydrogen-bond acceptors (Lipinski definition) is 4. The molecule has 0 bridgehead atoms. The minimum Gasteiger partial charge on any atom is -0.267 e. The van der Waals surface area contributed by atoms with Gasteiger partial charge in [-0.1, -0.05) is 82.3 Å². The maximum Gasteiger partial charge on any atom is 0.279 e. The summed E-state index contributed by atoms with van der Waals surface area (Å²) in [6.45, 7) is 8.51. The zero-order valence-electron chi connectivity index (χ0n) is 23.8. The van der Waals surface area contributed by atoms with Gasteiger partial charge in [-0.05, 0) is 81.4 Å². The second kappa shape index (κ2) is 12.1. The third-order valence-corrected chi connectivity index (χ3v) is 7.79. The smallest absolute Gasteiger partial charge is 0.267 e. The predicted octanol–water partition coefficient (Wildman–Crippen LogP) is 7.07. The second-order valence-electron chi connectivity index (χ2n) is 10.7. The summed E-state index contributed by atoms with van der Waals surface area (Å²) in [6, 6.07) is 29.9. The van der Waals surface area contributed by atoms with E-state index in [1.807, 2.05) is 72.8 Å². The number of nitrogens with zero attached hydrogens (tertiary/aromatic N) is 3. The first-order valence-corrected chi connectivity index (χ1v) is 14.6. The van der Waals surface area contributed by atoms with Gasteiger partial charge < -0.3 is 0 Å². The lowest BCUT2D eigenvalue weighted by Crippen LogP contribution is -2.28. The molecule has 0 saturated carbocycles. The first kappa shape index (κ1) is 29.0. The van der Waals surface area contributed by atoms with Crippen LogP contribution < -0.4 is 16.7 Å². The lowest BCUT2D eigenvalue weighted by molar-refractivity contribution is 0.798. The van der Waals surface area contributed by atoms with E-state index in [1.165, 1.54) is 20.5 Å². The van der Waals surface area contributed by atoms with E-state index < -0.39 is 0 Å². The van der Waals surface area contributed by atoms with Crippen molar-refractivity contribution in [3.8, 4) is 11.4 Å². The molecule has 2 heterocycles. The summed E-state index contributed by atoms with van der Waals surface area (Å²) in [5, 5.41) is 9.33. The Morgan fingerprint density at radius 2 is 1.05 bits per heavy atom. The third-order valence-electron chi connectivity index (χ3n) is 7.20. The van der Waals surface area contributed by atoms with Gasteiger partial charge in [-0.3, -0.25) is 19.5 Å². The number of fused-ring (bicyclic) bond motifs is 2. The Hall–Kier alpha value is -4.56. The highest BCUT2D eigenvalue weighted by Gasteiger charge is 2.11. The Morgan fingerprint density at radius 1 is 0.595 bits per heavy atom. The summed E-state index contributed by atoms with van der Waals surface area (Å²) in [4.78, 5) is 37.2. The van der Waals surface area contributed by atoms with Crippen LogP contribution in [0.4, 0.5) is 0 Å². The van der Waals surface area contributed by atoms with Gasteiger partial charge in [0, 0.05) is 5.39 Å². The molecule has 8 heteroatoms. The van der Waals surface area contributed by atoms with Gasteiger partial charge >= 0.3 is 0 Å². The van der Waals surface area contributed by atoms with Gasteiger partial charge in [-0.15, -0.1) is 0 Å². The van der Waals surface area contributed by atoms with Crippen LogP contribution in [0.15, 0.2) is 116 Å². The van der Waals surface area contributed by atoms with E-state index in [4.69, 9.17) is 0 Å². The summed E-state index contributed by atoms with van der Waals surface area (Å²) in [6.07, 6.45) is 0. The first-order valence-electron chi connectivity index (χ1n) is 13.8. The fraction of sp³-hybridized carbons (Fsp3) is 0.176. The van der Waals surface area contributed by atoms with Crippen LogP contribution in [-0.4, -0.2) is 19.6 Å². The van der Waals surface area contributed by atoms with E-state index in [0.29, 0.717) is 38.3 Å². The Labute approximate surface area is 251 Å². The predicted molar refractivity (Wildman–Crippen MR) is 173 cm³/mol. The van der Waals surface area contributed by atoms with E-state index in [0.717, 1.165) is 11.1 Å². The number of halogens is 1. The Kier molecular flexibility index (Phi) is 8.36. The van der Waals surface area contributed by atoms with E-state index in [2.05, 4.69) is 53.8 Å². The van der Waals surface area contributed by atoms with Crippen molar-refractivity contribution in [2.24, 2.45) is 0 Å². The van der Waals surface area contributed by atoms with Crippen LogP contribution in [0.25, 0.3) is 32.9 Å². The molecule has 0 fully saturated rings. The van der Waals surface area contributed by atoms with Crippen molar-refractivity contribution in [2.45, 2.75) is 39.5 Å². The Morgan fingerprint density at radius 3 is 1.57 bits per heavy atom. The monoisotopic (exact) mass is 622 g/mol. The molecule has 0 saturated heterocycles. The summed E-state index contributed by atoms with van der Waals surface area (Å²) in [7, 11) is 0. The van der Waals surface area contributed by atoms with Crippen LogP contribution in [-0.2, 0) is 0 Å². The molecule has 4 aromatic carbocycles. The second-order valence-corrected chi connectivity index (χ2v) is 11.4. The SMILES string of the molecule is CC(C)c1ccc(-n2[nH]c(=O)c3ccccc3c2=O)cc1.CC(C)c1ccc(-n2nc(Br)c3ccccc3c2=O)cc1. The van der Waals surface area contributed by atoms with Gasteiger partial charge in [0.25, 0.3) is 16.7 Å². The number of nitrogens with one attached hydrogen (secondary N) is 1. The van der Waals surface area contributed by atoms with Crippen molar-refractivity contribution in [1.82, 2.24) is 19.6 Å². The van der Waals surface area contributed by atoms with Crippen molar-refractivity contribution < 1.29 is 0 Å². The highest BCUT2D eigenvalue weighted by atomic mass is 79.9. The van der Waals surface area contributed by atoms with Crippen molar-refractivity contribution in [3.63, 3.8) is 0 Å². The van der Waals surface area contributed by atoms with E-state index >= 15 is 0 Å². The van der Waals surface area contributed by atoms with Crippen LogP contribution in [0.5, 0.6) is 0 Å². The van der Waals surface area contributed by atoms with Crippen LogP contribution in [0.3, 0.4) is 0 Å². The molecular formula is C34H31BrN4O3. The molecule has 6 aromatic rings. The molecule has 0 aliphatic heterocycles. The third kappa shape index (κ3) is 5.76. The number of aromatic nitrogens is 4. The summed E-state index contributed by atoms with van der Waals surface area (Å²) < 4.78 is 3.41.